The van der Waals surface area contributed by atoms with Crippen molar-refractivity contribution in [3.63, 3.8) is 0 Å². The Balaban J connectivity index is 1.66. The molecular weight excluding hydrogens is 387 g/mol. The van der Waals surface area contributed by atoms with E-state index in [1.165, 1.54) is 17.7 Å². The van der Waals surface area contributed by atoms with E-state index >= 15 is 0 Å². The third-order valence-corrected chi connectivity index (χ3v) is 6.77. The monoisotopic (exact) mass is 412 g/mol. The first-order valence-corrected chi connectivity index (χ1v) is 10.6. The highest BCUT2D eigenvalue weighted by Crippen LogP contribution is 2.56. The first-order valence-electron chi connectivity index (χ1n) is 10.6. The van der Waals surface area contributed by atoms with Crippen LogP contribution in [0.25, 0.3) is 6.08 Å². The Kier molecular flexibility index (Phi) is 4.47. The average molecular weight is 413 g/mol. The van der Waals surface area contributed by atoms with Gasteiger partial charge in [0.15, 0.2) is 0 Å². The number of hydrogen-bond donors (Lipinski definition) is 0. The minimum absolute atomic E-state index is 0.107. The molecule has 4 heteroatoms. The van der Waals surface area contributed by atoms with E-state index in [1.54, 1.807) is 12.1 Å². The quantitative estimate of drug-likeness (QED) is 0.575. The van der Waals surface area contributed by atoms with Crippen LogP contribution in [0.4, 0.5) is 10.1 Å². The van der Waals surface area contributed by atoms with E-state index in [0.29, 0.717) is 13.1 Å². The van der Waals surface area contributed by atoms with Gasteiger partial charge in [0.2, 0.25) is 5.91 Å². The molecule has 0 saturated carbocycles. The molecule has 2 aliphatic heterocycles. The van der Waals surface area contributed by atoms with Crippen LogP contribution in [0.5, 0.6) is 0 Å². The predicted molar refractivity (Wildman–Crippen MR) is 122 cm³/mol. The SMILES string of the molecule is CC1(C)c2ccccc2N2CC(=O)N(Cc3ccccc3)C21/C=C/c1ccc(F)cc1. The van der Waals surface area contributed by atoms with Gasteiger partial charge in [-0.1, -0.05) is 80.6 Å². The highest BCUT2D eigenvalue weighted by Gasteiger charge is 2.63. The predicted octanol–water partition coefficient (Wildman–Crippen LogP) is 5.38. The van der Waals surface area contributed by atoms with Gasteiger partial charge < -0.3 is 9.80 Å². The Morgan fingerprint density at radius 1 is 0.935 bits per heavy atom. The van der Waals surface area contributed by atoms with Crippen molar-refractivity contribution in [3.8, 4) is 0 Å². The van der Waals surface area contributed by atoms with Gasteiger partial charge in [0.25, 0.3) is 0 Å². The Bertz CT molecular complexity index is 1150. The van der Waals surface area contributed by atoms with Crippen LogP contribution in [0, 0.1) is 5.82 Å². The number of fused-ring (bicyclic) bond motifs is 3. The number of hydrogen-bond acceptors (Lipinski definition) is 2. The van der Waals surface area contributed by atoms with Gasteiger partial charge in [0, 0.05) is 17.6 Å². The lowest BCUT2D eigenvalue weighted by Gasteiger charge is -2.46. The second-order valence-electron chi connectivity index (χ2n) is 8.80. The minimum atomic E-state index is -0.655. The fourth-order valence-corrected chi connectivity index (χ4v) is 5.21. The summed E-state index contributed by atoms with van der Waals surface area (Å²) in [4.78, 5) is 17.6. The molecule has 1 atom stereocenters. The Morgan fingerprint density at radius 2 is 1.61 bits per heavy atom. The number of carbonyl (C=O) groups excluding carboxylic acids is 1. The lowest BCUT2D eigenvalue weighted by Crippen LogP contribution is -2.60. The summed E-state index contributed by atoms with van der Waals surface area (Å²) in [6.45, 7) is 5.28. The Hall–Kier alpha value is -3.40. The fraction of sp³-hybridized carbons (Fsp3) is 0.222. The van der Waals surface area contributed by atoms with Gasteiger partial charge in [-0.3, -0.25) is 4.79 Å². The maximum atomic E-state index is 13.4. The zero-order chi connectivity index (χ0) is 21.6. The third kappa shape index (κ3) is 2.89. The van der Waals surface area contributed by atoms with Gasteiger partial charge in [-0.05, 0) is 41.0 Å². The molecule has 1 amide bonds. The largest absolute Gasteiger partial charge is 0.335 e. The van der Waals surface area contributed by atoms with E-state index in [4.69, 9.17) is 0 Å². The van der Waals surface area contributed by atoms with Gasteiger partial charge in [-0.15, -0.1) is 0 Å². The molecule has 0 aliphatic carbocycles. The van der Waals surface area contributed by atoms with Crippen LogP contribution in [-0.4, -0.2) is 23.0 Å². The topological polar surface area (TPSA) is 23.6 Å². The Labute approximate surface area is 182 Å². The number of anilines is 1. The van der Waals surface area contributed by atoms with E-state index in [-0.39, 0.29) is 17.1 Å². The summed E-state index contributed by atoms with van der Waals surface area (Å²) in [5, 5.41) is 0. The number of benzene rings is 3. The maximum absolute atomic E-state index is 13.4. The standard InChI is InChI=1S/C27H25FN2O/c1-26(2)23-10-6-7-11-24(23)29-19-25(31)30(18-21-8-4-3-5-9-21)27(26,29)17-16-20-12-14-22(28)15-13-20/h3-17H,18-19H2,1-2H3/b17-16+. The van der Waals surface area contributed by atoms with E-state index in [0.717, 1.165) is 16.8 Å². The fourth-order valence-electron chi connectivity index (χ4n) is 5.21. The summed E-state index contributed by atoms with van der Waals surface area (Å²) in [6.07, 6.45) is 4.14. The summed E-state index contributed by atoms with van der Waals surface area (Å²) in [5.74, 6) is -0.150. The van der Waals surface area contributed by atoms with E-state index < -0.39 is 5.66 Å². The second-order valence-corrected chi connectivity index (χ2v) is 8.80. The number of halogens is 1. The second kappa shape index (κ2) is 7.09. The summed E-state index contributed by atoms with van der Waals surface area (Å²) in [7, 11) is 0. The summed E-state index contributed by atoms with van der Waals surface area (Å²) < 4.78 is 13.4. The average Bonchev–Trinajstić information content (AvgIpc) is 3.16. The van der Waals surface area contributed by atoms with E-state index in [1.807, 2.05) is 35.2 Å². The first kappa shape index (κ1) is 19.6. The molecule has 0 radical (unpaired) electrons. The smallest absolute Gasteiger partial charge is 0.244 e. The molecule has 1 saturated heterocycles. The molecule has 31 heavy (non-hydrogen) atoms. The molecule has 3 aromatic rings. The van der Waals surface area contributed by atoms with Crippen molar-refractivity contribution in [1.29, 1.82) is 0 Å². The van der Waals surface area contributed by atoms with Crippen LogP contribution >= 0.6 is 0 Å². The van der Waals surface area contributed by atoms with E-state index in [2.05, 4.69) is 55.2 Å². The highest BCUT2D eigenvalue weighted by molar-refractivity contribution is 5.91. The lowest BCUT2D eigenvalue weighted by molar-refractivity contribution is -0.131. The highest BCUT2D eigenvalue weighted by atomic mass is 19.1. The van der Waals surface area contributed by atoms with Crippen LogP contribution in [0.2, 0.25) is 0 Å². The molecule has 0 N–H and O–H groups in total. The number of carbonyl (C=O) groups is 1. The molecular formula is C27H25FN2O. The van der Waals surface area contributed by atoms with Crippen molar-refractivity contribution < 1.29 is 9.18 Å². The summed E-state index contributed by atoms with van der Waals surface area (Å²) in [5.41, 5.74) is 3.32. The first-order chi connectivity index (χ1) is 14.9. The van der Waals surface area contributed by atoms with Crippen molar-refractivity contribution in [2.45, 2.75) is 31.5 Å². The van der Waals surface area contributed by atoms with Crippen molar-refractivity contribution in [1.82, 2.24) is 4.90 Å². The van der Waals surface area contributed by atoms with Gasteiger partial charge in [0.1, 0.15) is 11.5 Å². The molecule has 2 heterocycles. The molecule has 1 fully saturated rings. The van der Waals surface area contributed by atoms with Crippen molar-refractivity contribution >= 4 is 17.7 Å². The molecule has 2 aliphatic rings. The lowest BCUT2D eigenvalue weighted by atomic mass is 9.74. The number of para-hydroxylation sites is 1. The van der Waals surface area contributed by atoms with Crippen LogP contribution < -0.4 is 4.90 Å². The number of amides is 1. The van der Waals surface area contributed by atoms with Crippen LogP contribution in [0.3, 0.4) is 0 Å². The van der Waals surface area contributed by atoms with Crippen molar-refractivity contribution in [2.75, 3.05) is 11.4 Å². The molecule has 0 spiro atoms. The third-order valence-electron chi connectivity index (χ3n) is 6.77. The van der Waals surface area contributed by atoms with Crippen molar-refractivity contribution in [2.24, 2.45) is 0 Å². The molecule has 156 valence electrons. The van der Waals surface area contributed by atoms with Gasteiger partial charge in [-0.25, -0.2) is 4.39 Å². The number of nitrogens with zero attached hydrogens (tertiary/aromatic N) is 2. The van der Waals surface area contributed by atoms with Gasteiger partial charge >= 0.3 is 0 Å². The Morgan fingerprint density at radius 3 is 2.35 bits per heavy atom. The normalized spacial score (nSPS) is 21.6. The van der Waals surface area contributed by atoms with Gasteiger partial charge in [-0.2, -0.15) is 0 Å². The summed E-state index contributed by atoms with van der Waals surface area (Å²) >= 11 is 0. The summed E-state index contributed by atoms with van der Waals surface area (Å²) in [6, 6.07) is 24.9. The molecule has 1 unspecified atom stereocenters. The number of rotatable bonds is 4. The molecule has 0 bridgehead atoms. The molecule has 3 nitrogen and oxygen atoms in total. The molecule has 0 aromatic heterocycles. The zero-order valence-electron chi connectivity index (χ0n) is 17.8. The van der Waals surface area contributed by atoms with Crippen LogP contribution in [0.1, 0.15) is 30.5 Å². The molecule has 5 rings (SSSR count). The van der Waals surface area contributed by atoms with Crippen LogP contribution in [0.15, 0.2) is 84.9 Å². The maximum Gasteiger partial charge on any atom is 0.244 e. The zero-order valence-corrected chi connectivity index (χ0v) is 17.8. The van der Waals surface area contributed by atoms with Crippen molar-refractivity contribution in [3.05, 3.63) is 107 Å². The minimum Gasteiger partial charge on any atom is -0.335 e. The van der Waals surface area contributed by atoms with E-state index in [9.17, 15) is 9.18 Å². The molecule has 3 aromatic carbocycles. The van der Waals surface area contributed by atoms with Gasteiger partial charge in [0.05, 0.1) is 6.54 Å². The van der Waals surface area contributed by atoms with Crippen LogP contribution in [-0.2, 0) is 16.8 Å².